The van der Waals surface area contributed by atoms with Crippen molar-refractivity contribution in [3.8, 4) is 0 Å². The first-order valence-corrected chi connectivity index (χ1v) is 13.5. The highest BCUT2D eigenvalue weighted by molar-refractivity contribution is 7.21. The summed E-state index contributed by atoms with van der Waals surface area (Å²) in [6.07, 6.45) is -2.25. The van der Waals surface area contributed by atoms with E-state index in [4.69, 9.17) is 4.74 Å². The number of carbonyl (C=O) groups excluding carboxylic acids is 3. The van der Waals surface area contributed by atoms with Crippen LogP contribution in [-0.4, -0.2) is 52.6 Å². The van der Waals surface area contributed by atoms with Gasteiger partial charge in [0, 0.05) is 25.3 Å². The van der Waals surface area contributed by atoms with Gasteiger partial charge in [-0.05, 0) is 64.3 Å². The number of benzene rings is 1. The molecular weight excluding hydrogens is 547 g/mol. The summed E-state index contributed by atoms with van der Waals surface area (Å²) in [7, 11) is 0. The summed E-state index contributed by atoms with van der Waals surface area (Å²) >= 11 is 1.07. The highest BCUT2D eigenvalue weighted by Gasteiger charge is 2.37. The van der Waals surface area contributed by atoms with E-state index in [0.29, 0.717) is 35.3 Å². The number of likely N-dealkylation sites (tertiary alicyclic amines) is 1. The number of hydrogen-bond donors (Lipinski definition) is 2. The van der Waals surface area contributed by atoms with Crippen LogP contribution in [0.25, 0.3) is 10.2 Å². The van der Waals surface area contributed by atoms with Gasteiger partial charge >= 0.3 is 18.3 Å². The van der Waals surface area contributed by atoms with Gasteiger partial charge in [-0.1, -0.05) is 6.07 Å². The van der Waals surface area contributed by atoms with Gasteiger partial charge in [0.1, 0.15) is 15.3 Å². The van der Waals surface area contributed by atoms with Gasteiger partial charge in [0.05, 0.1) is 28.0 Å². The molecule has 3 aromatic rings. The third-order valence-electron chi connectivity index (χ3n) is 6.65. The Kier molecular flexibility index (Phi) is 6.89. The van der Waals surface area contributed by atoms with Crippen LogP contribution in [0.1, 0.15) is 54.4 Å². The zero-order chi connectivity index (χ0) is 29.0. The summed E-state index contributed by atoms with van der Waals surface area (Å²) in [5.74, 6) is -0.441. The predicted molar refractivity (Wildman–Crippen MR) is 145 cm³/mol. The fourth-order valence-electron chi connectivity index (χ4n) is 4.89. The van der Waals surface area contributed by atoms with Gasteiger partial charge < -0.3 is 20.3 Å². The largest absolute Gasteiger partial charge is 0.444 e. The minimum atomic E-state index is -4.59. The Bertz CT molecular complexity index is 1510. The summed E-state index contributed by atoms with van der Waals surface area (Å²) < 4.78 is 46.2. The average molecular weight is 576 g/mol. The summed E-state index contributed by atoms with van der Waals surface area (Å²) in [5, 5.41) is 6.11. The molecule has 2 aliphatic heterocycles. The second-order valence-electron chi connectivity index (χ2n) is 10.8. The minimum Gasteiger partial charge on any atom is -0.444 e. The number of rotatable bonds is 3. The molecule has 1 atom stereocenters. The van der Waals surface area contributed by atoms with Crippen molar-refractivity contribution in [3.63, 3.8) is 0 Å². The van der Waals surface area contributed by atoms with E-state index < -0.39 is 35.4 Å². The van der Waals surface area contributed by atoms with Crippen molar-refractivity contribution in [3.05, 3.63) is 46.5 Å². The topological polar surface area (TPSA) is 104 Å². The molecule has 40 heavy (non-hydrogen) atoms. The number of aromatic nitrogens is 1. The predicted octanol–water partition coefficient (Wildman–Crippen LogP) is 6.44. The number of amides is 4. The Morgan fingerprint density at radius 3 is 2.65 bits per heavy atom. The Balaban J connectivity index is 1.43. The zero-order valence-electron chi connectivity index (χ0n) is 22.3. The van der Waals surface area contributed by atoms with Gasteiger partial charge in [0.15, 0.2) is 0 Å². The Hall–Kier alpha value is -3.87. The molecule has 1 aromatic carbocycles. The normalized spacial score (nSPS) is 17.6. The molecule has 2 aromatic heterocycles. The van der Waals surface area contributed by atoms with Crippen molar-refractivity contribution >= 4 is 56.6 Å². The Morgan fingerprint density at radius 1 is 1.20 bits per heavy atom. The van der Waals surface area contributed by atoms with Crippen LogP contribution in [-0.2, 0) is 10.9 Å². The number of thiophene rings is 1. The number of anilines is 3. The van der Waals surface area contributed by atoms with Crippen molar-refractivity contribution in [1.82, 2.24) is 15.2 Å². The van der Waals surface area contributed by atoms with Gasteiger partial charge in [-0.25, -0.2) is 14.6 Å². The summed E-state index contributed by atoms with van der Waals surface area (Å²) in [5.41, 5.74) is -0.829. The van der Waals surface area contributed by atoms with Crippen LogP contribution in [0, 0.1) is 6.92 Å². The second-order valence-corrected chi connectivity index (χ2v) is 11.8. The van der Waals surface area contributed by atoms with Crippen LogP contribution < -0.4 is 15.5 Å². The van der Waals surface area contributed by atoms with Crippen LogP contribution in [0.5, 0.6) is 0 Å². The van der Waals surface area contributed by atoms with Crippen molar-refractivity contribution in [2.75, 3.05) is 23.3 Å². The highest BCUT2D eigenvalue weighted by atomic mass is 32.1. The number of carbonyl (C=O) groups is 3. The molecule has 212 valence electrons. The number of aryl methyl sites for hydroxylation is 1. The smallest absolute Gasteiger partial charge is 0.416 e. The lowest BCUT2D eigenvalue weighted by Crippen LogP contribution is -2.50. The molecule has 0 bridgehead atoms. The maximum absolute atomic E-state index is 13.6. The van der Waals surface area contributed by atoms with E-state index in [-0.39, 0.29) is 34.4 Å². The number of piperidine rings is 1. The number of nitrogens with one attached hydrogen (secondary N) is 2. The van der Waals surface area contributed by atoms with Crippen LogP contribution in [0.15, 0.2) is 30.5 Å². The van der Waals surface area contributed by atoms with Crippen molar-refractivity contribution in [2.45, 2.75) is 58.4 Å². The second kappa shape index (κ2) is 9.95. The maximum Gasteiger partial charge on any atom is 0.416 e. The highest BCUT2D eigenvalue weighted by Crippen LogP contribution is 2.46. The first kappa shape index (κ1) is 27.7. The first-order valence-electron chi connectivity index (χ1n) is 12.7. The molecule has 0 radical (unpaired) electrons. The number of halogens is 3. The standard InChI is InChI=1S/C27H28F3N5O4S/c1-14-7-8-16(12-17(14)27(28,29)30)35-18-9-10-31-23-19(18)20(33-24(35)37)21(40-23)22(36)32-15-6-5-11-34(13-15)25(38)39-26(2,3)4/h7-10,12,15H,5-6,11,13H2,1-4H3,(H,32,36)(H,33,37)/t15-/m1/s1. The van der Waals surface area contributed by atoms with E-state index in [2.05, 4.69) is 15.6 Å². The van der Waals surface area contributed by atoms with Crippen LogP contribution >= 0.6 is 11.3 Å². The molecule has 4 heterocycles. The van der Waals surface area contributed by atoms with Crippen molar-refractivity contribution in [2.24, 2.45) is 0 Å². The van der Waals surface area contributed by atoms with E-state index in [0.717, 1.165) is 22.3 Å². The summed E-state index contributed by atoms with van der Waals surface area (Å²) in [6, 6.07) is 4.20. The molecule has 2 N–H and O–H groups in total. The van der Waals surface area contributed by atoms with Gasteiger partial charge in [-0.15, -0.1) is 11.3 Å². The van der Waals surface area contributed by atoms with E-state index in [1.807, 2.05) is 0 Å². The lowest BCUT2D eigenvalue weighted by molar-refractivity contribution is -0.138. The zero-order valence-corrected chi connectivity index (χ0v) is 23.1. The van der Waals surface area contributed by atoms with Crippen molar-refractivity contribution in [1.29, 1.82) is 0 Å². The lowest BCUT2D eigenvalue weighted by Gasteiger charge is -2.34. The van der Waals surface area contributed by atoms with Crippen LogP contribution in [0.2, 0.25) is 0 Å². The third kappa shape index (κ3) is 5.29. The number of hydrogen-bond acceptors (Lipinski definition) is 6. The molecule has 0 unspecified atom stereocenters. The monoisotopic (exact) mass is 575 g/mol. The number of pyridine rings is 1. The summed E-state index contributed by atoms with van der Waals surface area (Å²) in [6.45, 7) is 7.50. The van der Waals surface area contributed by atoms with Gasteiger partial charge in [-0.2, -0.15) is 13.2 Å². The van der Waals surface area contributed by atoms with E-state index >= 15 is 0 Å². The van der Waals surface area contributed by atoms with Crippen LogP contribution in [0.3, 0.4) is 0 Å². The quantitative estimate of drug-likeness (QED) is 0.374. The molecule has 1 fully saturated rings. The maximum atomic E-state index is 13.6. The third-order valence-corrected chi connectivity index (χ3v) is 7.74. The molecule has 0 saturated carbocycles. The number of urea groups is 1. The molecule has 0 spiro atoms. The van der Waals surface area contributed by atoms with E-state index in [1.54, 1.807) is 25.7 Å². The molecule has 5 rings (SSSR count). The molecular formula is C27H28F3N5O4S. The molecule has 0 aliphatic carbocycles. The first-order chi connectivity index (χ1) is 18.7. The Morgan fingerprint density at radius 2 is 1.95 bits per heavy atom. The fourth-order valence-corrected chi connectivity index (χ4v) is 5.92. The number of nitrogens with zero attached hydrogens (tertiary/aromatic N) is 3. The number of alkyl halides is 3. The minimum absolute atomic E-state index is 0.0372. The fraction of sp³-hybridized carbons (Fsp3) is 0.407. The van der Waals surface area contributed by atoms with Gasteiger partial charge in [-0.3, -0.25) is 9.69 Å². The Labute approximate surface area is 232 Å². The molecule has 9 nitrogen and oxygen atoms in total. The molecule has 1 saturated heterocycles. The molecule has 13 heteroatoms. The van der Waals surface area contributed by atoms with Crippen molar-refractivity contribution < 1.29 is 32.3 Å². The van der Waals surface area contributed by atoms with Gasteiger partial charge in [0.25, 0.3) is 5.91 Å². The van der Waals surface area contributed by atoms with Crippen LogP contribution in [0.4, 0.5) is 39.8 Å². The molecule has 2 aliphatic rings. The van der Waals surface area contributed by atoms with E-state index in [9.17, 15) is 27.6 Å². The average Bonchev–Trinajstić information content (AvgIpc) is 3.23. The number of ether oxygens (including phenoxy) is 1. The molecule has 4 amide bonds. The lowest BCUT2D eigenvalue weighted by atomic mass is 10.0. The SMILES string of the molecule is Cc1ccc(N2C(=O)Nc3c(C(=O)N[C@@H]4CCCN(C(=O)OC(C)(C)C)C4)sc4nccc2c34)cc1C(F)(F)F. The van der Waals surface area contributed by atoms with Gasteiger partial charge in [0.2, 0.25) is 0 Å². The summed E-state index contributed by atoms with van der Waals surface area (Å²) in [4.78, 5) is 46.9. The van der Waals surface area contributed by atoms with E-state index in [1.165, 1.54) is 31.3 Å².